The third-order valence-electron chi connectivity index (χ3n) is 4.47. The summed E-state index contributed by atoms with van der Waals surface area (Å²) in [6.07, 6.45) is 4.36. The summed E-state index contributed by atoms with van der Waals surface area (Å²) < 4.78 is 14.9. The molecule has 31 heavy (non-hydrogen) atoms. The lowest BCUT2D eigenvalue weighted by Crippen LogP contribution is -2.20. The number of carbonyl (C=O) groups is 3. The summed E-state index contributed by atoms with van der Waals surface area (Å²) in [5, 5.41) is 5.26. The van der Waals surface area contributed by atoms with Gasteiger partial charge in [-0.25, -0.2) is 14.4 Å². The van der Waals surface area contributed by atoms with E-state index in [1.54, 1.807) is 25.1 Å². The lowest BCUT2D eigenvalue weighted by atomic mass is 9.85. The van der Waals surface area contributed by atoms with Crippen LogP contribution in [-0.2, 0) is 19.0 Å². The molecule has 0 atom stereocenters. The van der Waals surface area contributed by atoms with Crippen molar-refractivity contribution in [1.82, 2.24) is 0 Å². The number of ether oxygens (including phenoxy) is 3. The number of aryl methyl sites for hydroxylation is 1. The molecule has 1 aromatic rings. The quantitative estimate of drug-likeness (QED) is 0.155. The Balaban J connectivity index is 2.43. The number of anilines is 2. The van der Waals surface area contributed by atoms with Crippen molar-refractivity contribution in [3.05, 3.63) is 49.1 Å². The van der Waals surface area contributed by atoms with Gasteiger partial charge in [0, 0.05) is 17.5 Å². The molecule has 0 saturated heterocycles. The number of rotatable bonds is 12. The van der Waals surface area contributed by atoms with Crippen LogP contribution in [0.2, 0.25) is 0 Å². The second kappa shape index (κ2) is 13.1. The van der Waals surface area contributed by atoms with Crippen molar-refractivity contribution in [1.29, 1.82) is 0 Å². The maximum absolute atomic E-state index is 12.0. The van der Waals surface area contributed by atoms with Gasteiger partial charge in [-0.3, -0.25) is 10.6 Å². The summed E-state index contributed by atoms with van der Waals surface area (Å²) in [5.41, 5.74) is 1.86. The molecule has 0 bridgehead atoms. The Morgan fingerprint density at radius 3 is 2.26 bits per heavy atom. The highest BCUT2D eigenvalue weighted by molar-refractivity contribution is 5.88. The number of hydrogen-bond acceptors (Lipinski definition) is 6. The largest absolute Gasteiger partial charge is 0.459 e. The molecule has 0 aliphatic carbocycles. The van der Waals surface area contributed by atoms with Gasteiger partial charge < -0.3 is 14.2 Å². The van der Waals surface area contributed by atoms with Crippen LogP contribution >= 0.6 is 0 Å². The maximum Gasteiger partial charge on any atom is 0.411 e. The predicted molar refractivity (Wildman–Crippen MR) is 120 cm³/mol. The van der Waals surface area contributed by atoms with Gasteiger partial charge in [0.25, 0.3) is 0 Å². The smallest absolute Gasteiger partial charge is 0.411 e. The van der Waals surface area contributed by atoms with E-state index in [-0.39, 0.29) is 18.6 Å². The van der Waals surface area contributed by atoms with Crippen LogP contribution in [0.4, 0.5) is 21.0 Å². The van der Waals surface area contributed by atoms with Gasteiger partial charge in [-0.2, -0.15) is 0 Å². The fourth-order valence-electron chi connectivity index (χ4n) is 2.56. The van der Waals surface area contributed by atoms with E-state index in [9.17, 15) is 14.4 Å². The number of benzene rings is 1. The standard InChI is InChI=1S/C23H32N2O6/c1-6-8-11-23(4,5)12-13-30-21(27)24-18-9-10-19(17(3)16-18)25-22(28)31-15-14-29-20(26)7-2/h6-7,9-10,16H,1-2,8,11-15H2,3-5H3,(H,24,27)(H,25,28). The molecule has 0 unspecified atom stereocenters. The summed E-state index contributed by atoms with van der Waals surface area (Å²) in [6.45, 7) is 13.2. The molecule has 8 nitrogen and oxygen atoms in total. The third kappa shape index (κ3) is 10.9. The molecule has 1 aromatic carbocycles. The number of amides is 2. The van der Waals surface area contributed by atoms with Crippen molar-refractivity contribution in [2.45, 2.75) is 40.0 Å². The van der Waals surface area contributed by atoms with Gasteiger partial charge in [0.1, 0.15) is 13.2 Å². The Morgan fingerprint density at radius 2 is 1.61 bits per heavy atom. The molecule has 0 aliphatic heterocycles. The van der Waals surface area contributed by atoms with Crippen LogP contribution in [0.3, 0.4) is 0 Å². The lowest BCUT2D eigenvalue weighted by molar-refractivity contribution is -0.138. The molecule has 0 saturated carbocycles. The van der Waals surface area contributed by atoms with Gasteiger partial charge in [-0.1, -0.05) is 26.5 Å². The van der Waals surface area contributed by atoms with Crippen molar-refractivity contribution in [3.8, 4) is 0 Å². The minimum atomic E-state index is -0.683. The Labute approximate surface area is 183 Å². The molecule has 0 aromatic heterocycles. The van der Waals surface area contributed by atoms with Crippen molar-refractivity contribution in [2.75, 3.05) is 30.5 Å². The summed E-state index contributed by atoms with van der Waals surface area (Å²) in [6, 6.07) is 4.99. The second-order valence-electron chi connectivity index (χ2n) is 7.66. The molecular formula is C23H32N2O6. The van der Waals surface area contributed by atoms with Gasteiger partial charge in [-0.05, 0) is 55.4 Å². The predicted octanol–water partition coefficient (Wildman–Crippen LogP) is 5.20. The van der Waals surface area contributed by atoms with Crippen molar-refractivity contribution in [2.24, 2.45) is 5.41 Å². The Morgan fingerprint density at radius 1 is 0.968 bits per heavy atom. The van der Waals surface area contributed by atoms with E-state index in [1.165, 1.54) is 0 Å². The van der Waals surface area contributed by atoms with E-state index in [0.717, 1.165) is 30.9 Å². The fourth-order valence-corrected chi connectivity index (χ4v) is 2.56. The molecule has 2 N–H and O–H groups in total. The summed E-state index contributed by atoms with van der Waals surface area (Å²) in [7, 11) is 0. The van der Waals surface area contributed by atoms with Crippen molar-refractivity contribution in [3.63, 3.8) is 0 Å². The van der Waals surface area contributed by atoms with E-state index in [4.69, 9.17) is 14.2 Å². The molecule has 170 valence electrons. The van der Waals surface area contributed by atoms with Gasteiger partial charge in [0.2, 0.25) is 0 Å². The minimum Gasteiger partial charge on any atom is -0.459 e. The fraction of sp³-hybridized carbons (Fsp3) is 0.435. The highest BCUT2D eigenvalue weighted by Gasteiger charge is 2.17. The van der Waals surface area contributed by atoms with Crippen molar-refractivity contribution >= 4 is 29.5 Å². The Kier molecular flexibility index (Phi) is 10.9. The van der Waals surface area contributed by atoms with Gasteiger partial charge >= 0.3 is 18.2 Å². The molecule has 0 radical (unpaired) electrons. The van der Waals surface area contributed by atoms with E-state index in [2.05, 4.69) is 37.6 Å². The average Bonchev–Trinajstić information content (AvgIpc) is 2.71. The van der Waals surface area contributed by atoms with E-state index in [1.807, 2.05) is 6.08 Å². The summed E-state index contributed by atoms with van der Waals surface area (Å²) in [4.78, 5) is 34.7. The third-order valence-corrected chi connectivity index (χ3v) is 4.47. The number of nitrogens with one attached hydrogen (secondary N) is 2. The normalized spacial score (nSPS) is 10.5. The Bertz CT molecular complexity index is 788. The minimum absolute atomic E-state index is 0.0618. The Hall–Kier alpha value is -3.29. The first kappa shape index (κ1) is 25.7. The number of carbonyl (C=O) groups excluding carboxylic acids is 3. The topological polar surface area (TPSA) is 103 Å². The second-order valence-corrected chi connectivity index (χ2v) is 7.66. The molecular weight excluding hydrogens is 400 g/mol. The first-order chi connectivity index (χ1) is 14.7. The molecule has 2 amide bonds. The average molecular weight is 433 g/mol. The number of allylic oxidation sites excluding steroid dienone is 1. The highest BCUT2D eigenvalue weighted by atomic mass is 16.6. The molecule has 0 spiro atoms. The SMILES string of the molecule is C=CCCC(C)(C)CCOC(=O)Nc1ccc(NC(=O)OCCOC(=O)C=C)c(C)c1. The first-order valence-corrected chi connectivity index (χ1v) is 10.0. The van der Waals surface area contributed by atoms with Crippen LogP contribution in [0.15, 0.2) is 43.5 Å². The maximum atomic E-state index is 12.0. The zero-order valence-corrected chi connectivity index (χ0v) is 18.5. The van der Waals surface area contributed by atoms with Crippen molar-refractivity contribution < 1.29 is 28.6 Å². The van der Waals surface area contributed by atoms with Gasteiger partial charge in [0.05, 0.1) is 6.61 Å². The molecule has 1 rings (SSSR count). The van der Waals surface area contributed by atoms with Gasteiger partial charge in [-0.15, -0.1) is 6.58 Å². The van der Waals surface area contributed by atoms with Crippen LogP contribution < -0.4 is 10.6 Å². The van der Waals surface area contributed by atoms with E-state index in [0.29, 0.717) is 18.0 Å². The van der Waals surface area contributed by atoms with Crippen LogP contribution in [0.1, 0.15) is 38.7 Å². The molecule has 0 heterocycles. The summed E-state index contributed by atoms with van der Waals surface area (Å²) >= 11 is 0. The summed E-state index contributed by atoms with van der Waals surface area (Å²) in [5.74, 6) is -0.585. The highest BCUT2D eigenvalue weighted by Crippen LogP contribution is 2.27. The van der Waals surface area contributed by atoms with Crippen LogP contribution in [0, 0.1) is 12.3 Å². The first-order valence-electron chi connectivity index (χ1n) is 10.0. The molecule has 0 aliphatic rings. The van der Waals surface area contributed by atoms with Crippen LogP contribution in [0.25, 0.3) is 0 Å². The van der Waals surface area contributed by atoms with Crippen LogP contribution in [-0.4, -0.2) is 38.0 Å². The van der Waals surface area contributed by atoms with E-state index < -0.39 is 18.2 Å². The zero-order valence-electron chi connectivity index (χ0n) is 18.5. The monoisotopic (exact) mass is 432 g/mol. The number of hydrogen-bond donors (Lipinski definition) is 2. The van der Waals surface area contributed by atoms with E-state index >= 15 is 0 Å². The molecule has 8 heteroatoms. The number of esters is 1. The molecule has 0 fully saturated rings. The lowest BCUT2D eigenvalue weighted by Gasteiger charge is -2.23. The van der Waals surface area contributed by atoms with Gasteiger partial charge in [0.15, 0.2) is 0 Å². The van der Waals surface area contributed by atoms with Crippen LogP contribution in [0.5, 0.6) is 0 Å². The zero-order chi connectivity index (χ0) is 23.3.